The highest BCUT2D eigenvalue weighted by Gasteiger charge is 2.14. The highest BCUT2D eigenvalue weighted by atomic mass is 14.9. The predicted molar refractivity (Wildman–Crippen MR) is 236 cm³/mol. The Morgan fingerprint density at radius 1 is 0.293 bits per heavy atom. The van der Waals surface area contributed by atoms with Crippen LogP contribution in [0.5, 0.6) is 0 Å². The van der Waals surface area contributed by atoms with Crippen molar-refractivity contribution >= 4 is 43.6 Å². The third-order valence-corrected chi connectivity index (χ3v) is 10.8. The highest BCUT2D eigenvalue weighted by Crippen LogP contribution is 2.34. The van der Waals surface area contributed by atoms with E-state index >= 15 is 0 Å². The Balaban J connectivity index is 0.922. The summed E-state index contributed by atoms with van der Waals surface area (Å²) in [5.74, 6) is 0.667. The van der Waals surface area contributed by atoms with E-state index in [0.717, 1.165) is 105 Å². The fourth-order valence-corrected chi connectivity index (χ4v) is 7.77. The normalized spacial score (nSPS) is 11.4. The van der Waals surface area contributed by atoms with Gasteiger partial charge in [-0.15, -0.1) is 0 Å². The van der Waals surface area contributed by atoms with E-state index in [1.54, 1.807) is 0 Å². The molecule has 270 valence electrons. The molecular weight excluding hydrogens is 709 g/mol. The van der Waals surface area contributed by atoms with Gasteiger partial charge in [0.1, 0.15) is 0 Å². The standard InChI is InChI=1S/C52H32N6/c1-3-8-34(9-4-1)48-32-49(58-52(57-48)39-10-5-2-6-11-39)45-26-23-37-18-20-41(31-47(37)56-45)40-19-17-36-22-25-44(55-46(36)30-40)35-15-13-33(14-16-35)42-27-29-54-51-43(42)24-21-38-12-7-28-53-50(38)51/h1-32H. The van der Waals surface area contributed by atoms with Crippen molar-refractivity contribution in [3.63, 3.8) is 0 Å². The molecule has 0 aliphatic carbocycles. The SMILES string of the molecule is c1ccc(-c2cc(-c3ccc4ccc(-c5ccc6ccc(-c7ccc(-c8ccnc9c8ccc8cccnc89)cc7)nc6c5)cc4n3)nc(-c3ccccc3)n2)cc1. The monoisotopic (exact) mass is 740 g/mol. The van der Waals surface area contributed by atoms with Crippen LogP contribution in [-0.2, 0) is 0 Å². The highest BCUT2D eigenvalue weighted by molar-refractivity contribution is 6.08. The van der Waals surface area contributed by atoms with Gasteiger partial charge in [-0.1, -0.05) is 140 Å². The van der Waals surface area contributed by atoms with E-state index < -0.39 is 0 Å². The molecule has 0 fully saturated rings. The summed E-state index contributed by atoms with van der Waals surface area (Å²) in [4.78, 5) is 29.6. The molecule has 0 N–H and O–H groups in total. The lowest BCUT2D eigenvalue weighted by molar-refractivity contribution is 1.17. The molecule has 0 unspecified atom stereocenters. The van der Waals surface area contributed by atoms with Crippen LogP contribution in [0.3, 0.4) is 0 Å². The predicted octanol–water partition coefficient (Wildman–Crippen LogP) is 12.7. The van der Waals surface area contributed by atoms with Gasteiger partial charge in [0.05, 0.1) is 44.8 Å². The third kappa shape index (κ3) is 6.10. The minimum Gasteiger partial charge on any atom is -0.254 e. The molecule has 0 atom stereocenters. The largest absolute Gasteiger partial charge is 0.254 e. The summed E-state index contributed by atoms with van der Waals surface area (Å²) in [5, 5.41) is 4.31. The Morgan fingerprint density at radius 2 is 0.862 bits per heavy atom. The summed E-state index contributed by atoms with van der Waals surface area (Å²) in [5.41, 5.74) is 14.4. The smallest absolute Gasteiger partial charge is 0.160 e. The van der Waals surface area contributed by atoms with Gasteiger partial charge in [-0.2, -0.15) is 0 Å². The van der Waals surface area contributed by atoms with Gasteiger partial charge in [-0.25, -0.2) is 19.9 Å². The van der Waals surface area contributed by atoms with Crippen molar-refractivity contribution in [2.24, 2.45) is 0 Å². The molecule has 6 heteroatoms. The number of benzene rings is 6. The Kier molecular flexibility index (Phi) is 8.04. The number of rotatable bonds is 6. The molecule has 0 amide bonds. The first-order chi connectivity index (χ1) is 28.7. The van der Waals surface area contributed by atoms with Crippen LogP contribution in [0, 0.1) is 0 Å². The van der Waals surface area contributed by atoms with Crippen molar-refractivity contribution in [2.45, 2.75) is 0 Å². The lowest BCUT2D eigenvalue weighted by atomic mass is 9.98. The van der Waals surface area contributed by atoms with Crippen molar-refractivity contribution in [1.29, 1.82) is 0 Å². The molecule has 11 aromatic rings. The molecule has 11 rings (SSSR count). The third-order valence-electron chi connectivity index (χ3n) is 10.8. The molecule has 5 heterocycles. The molecule has 0 saturated heterocycles. The lowest BCUT2D eigenvalue weighted by Crippen LogP contribution is -1.97. The van der Waals surface area contributed by atoms with Crippen LogP contribution in [0.1, 0.15) is 0 Å². The number of hydrogen-bond acceptors (Lipinski definition) is 6. The van der Waals surface area contributed by atoms with E-state index in [1.165, 1.54) is 0 Å². The maximum Gasteiger partial charge on any atom is 0.160 e. The van der Waals surface area contributed by atoms with Gasteiger partial charge in [0.2, 0.25) is 0 Å². The number of fused-ring (bicyclic) bond motifs is 5. The molecule has 0 saturated carbocycles. The maximum absolute atomic E-state index is 5.16. The van der Waals surface area contributed by atoms with Crippen LogP contribution in [0.4, 0.5) is 0 Å². The Labute approximate surface area is 334 Å². The van der Waals surface area contributed by atoms with Gasteiger partial charge in [0, 0.05) is 50.6 Å². The van der Waals surface area contributed by atoms with Gasteiger partial charge in [0.15, 0.2) is 5.82 Å². The molecule has 0 aliphatic heterocycles. The van der Waals surface area contributed by atoms with Gasteiger partial charge >= 0.3 is 0 Å². The first-order valence-corrected chi connectivity index (χ1v) is 19.3. The van der Waals surface area contributed by atoms with Crippen molar-refractivity contribution in [3.05, 3.63) is 194 Å². The maximum atomic E-state index is 5.16. The summed E-state index contributed by atoms with van der Waals surface area (Å²) in [6.45, 7) is 0. The van der Waals surface area contributed by atoms with Crippen molar-refractivity contribution in [2.75, 3.05) is 0 Å². The molecule has 58 heavy (non-hydrogen) atoms. The Morgan fingerprint density at radius 3 is 1.60 bits per heavy atom. The Bertz CT molecular complexity index is 3270. The van der Waals surface area contributed by atoms with Gasteiger partial charge in [-0.3, -0.25) is 9.97 Å². The number of pyridine rings is 4. The van der Waals surface area contributed by atoms with Crippen LogP contribution in [-0.4, -0.2) is 29.9 Å². The molecule has 6 aromatic carbocycles. The van der Waals surface area contributed by atoms with E-state index in [9.17, 15) is 0 Å². The van der Waals surface area contributed by atoms with Gasteiger partial charge in [-0.05, 0) is 64.7 Å². The number of hydrogen-bond donors (Lipinski definition) is 0. The minimum atomic E-state index is 0.667. The van der Waals surface area contributed by atoms with E-state index in [0.29, 0.717) is 5.82 Å². The van der Waals surface area contributed by atoms with Crippen LogP contribution in [0.25, 0.3) is 111 Å². The van der Waals surface area contributed by atoms with E-state index in [2.05, 4.69) is 120 Å². The second-order valence-electron chi connectivity index (χ2n) is 14.4. The van der Waals surface area contributed by atoms with E-state index in [4.69, 9.17) is 24.9 Å². The zero-order valence-electron chi connectivity index (χ0n) is 31.2. The summed E-state index contributed by atoms with van der Waals surface area (Å²) in [7, 11) is 0. The van der Waals surface area contributed by atoms with Gasteiger partial charge in [0.25, 0.3) is 0 Å². The van der Waals surface area contributed by atoms with Crippen LogP contribution < -0.4 is 0 Å². The van der Waals surface area contributed by atoms with E-state index in [-0.39, 0.29) is 0 Å². The van der Waals surface area contributed by atoms with Crippen LogP contribution >= 0.6 is 0 Å². The summed E-state index contributed by atoms with van der Waals surface area (Å²) < 4.78 is 0. The molecule has 6 nitrogen and oxygen atoms in total. The average Bonchev–Trinajstić information content (AvgIpc) is 3.31. The van der Waals surface area contributed by atoms with Crippen molar-refractivity contribution in [1.82, 2.24) is 29.9 Å². The van der Waals surface area contributed by atoms with Crippen molar-refractivity contribution in [3.8, 4) is 67.5 Å². The molecule has 0 spiro atoms. The fraction of sp³-hybridized carbons (Fsp3) is 0. The second-order valence-corrected chi connectivity index (χ2v) is 14.4. The first-order valence-electron chi connectivity index (χ1n) is 19.3. The molecule has 5 aromatic heterocycles. The minimum absolute atomic E-state index is 0.667. The summed E-state index contributed by atoms with van der Waals surface area (Å²) in [6, 6.07) is 62.6. The summed E-state index contributed by atoms with van der Waals surface area (Å²) in [6.07, 6.45) is 3.69. The zero-order chi connectivity index (χ0) is 38.4. The summed E-state index contributed by atoms with van der Waals surface area (Å²) >= 11 is 0. The fourth-order valence-electron chi connectivity index (χ4n) is 7.77. The topological polar surface area (TPSA) is 77.3 Å². The molecular formula is C52H32N6. The van der Waals surface area contributed by atoms with Crippen LogP contribution in [0.2, 0.25) is 0 Å². The van der Waals surface area contributed by atoms with Crippen LogP contribution in [0.15, 0.2) is 194 Å². The average molecular weight is 741 g/mol. The molecule has 0 bridgehead atoms. The quantitative estimate of drug-likeness (QED) is 0.158. The second kappa shape index (κ2) is 14.0. The number of aromatic nitrogens is 6. The zero-order valence-corrected chi connectivity index (χ0v) is 31.2. The first kappa shape index (κ1) is 33.4. The lowest BCUT2D eigenvalue weighted by Gasteiger charge is -2.11. The van der Waals surface area contributed by atoms with Gasteiger partial charge < -0.3 is 0 Å². The van der Waals surface area contributed by atoms with E-state index in [1.807, 2.05) is 79.1 Å². The molecule has 0 aliphatic rings. The number of nitrogens with zero attached hydrogens (tertiary/aromatic N) is 6. The molecule has 0 radical (unpaired) electrons. The Hall–Kier alpha value is -7.96. The van der Waals surface area contributed by atoms with Crippen molar-refractivity contribution < 1.29 is 0 Å².